The highest BCUT2D eigenvalue weighted by Crippen LogP contribution is 2.15. The number of nitrogens with one attached hydrogen (secondary N) is 1. The molecule has 108 valence electrons. The third-order valence-electron chi connectivity index (χ3n) is 3.15. The van der Waals surface area contributed by atoms with Crippen LogP contribution in [-0.4, -0.2) is 36.2 Å². The van der Waals surface area contributed by atoms with Crippen molar-refractivity contribution >= 4 is 9.28 Å². The first-order valence-corrected chi connectivity index (χ1v) is 8.50. The van der Waals surface area contributed by atoms with E-state index in [4.69, 9.17) is 14.6 Å². The molecule has 0 aliphatic carbocycles. The quantitative estimate of drug-likeness (QED) is 0.529. The molecule has 0 spiro atoms. The van der Waals surface area contributed by atoms with Crippen LogP contribution in [0.2, 0.25) is 6.04 Å². The van der Waals surface area contributed by atoms with E-state index in [2.05, 4.69) is 29.6 Å². The molecule has 0 radical (unpaired) electrons. The Morgan fingerprint density at radius 2 is 1.84 bits per heavy atom. The third-order valence-corrected chi connectivity index (χ3v) is 5.25. The highest BCUT2D eigenvalue weighted by Gasteiger charge is 2.19. The second-order valence-corrected chi connectivity index (χ2v) is 7.16. The highest BCUT2D eigenvalue weighted by atomic mass is 28.3. The molecule has 0 aliphatic heterocycles. The second-order valence-electron chi connectivity index (χ2n) is 4.89. The molecule has 5 heteroatoms. The molecule has 0 aliphatic rings. The number of hydrogen-bond acceptors (Lipinski definition) is 4. The zero-order chi connectivity index (χ0) is 14.1. The maximum absolute atomic E-state index is 5.77. The number of hydrogen-bond donors (Lipinski definition) is 2. The molecule has 1 aromatic carbocycles. The van der Waals surface area contributed by atoms with Gasteiger partial charge in [0.15, 0.2) is 0 Å². The Hall–Kier alpha value is -0.723. The van der Waals surface area contributed by atoms with Gasteiger partial charge < -0.3 is 19.9 Å². The van der Waals surface area contributed by atoms with Crippen LogP contribution in [-0.2, 0) is 15.3 Å². The van der Waals surface area contributed by atoms with E-state index >= 15 is 0 Å². The summed E-state index contributed by atoms with van der Waals surface area (Å²) < 4.78 is 10.9. The first kappa shape index (κ1) is 16.3. The van der Waals surface area contributed by atoms with Crippen LogP contribution in [0, 0.1) is 5.92 Å². The predicted octanol–water partition coefficient (Wildman–Crippen LogP) is 1.25. The Balaban J connectivity index is 2.57. The standard InChI is InChI=1S/C14H26N2O2Si/c1-12(15)16-10-14(11-19(17-2)18-3)9-13-7-5-4-6-8-13/h4-8,12,14,16,19H,9-11,15H2,1-3H3. The predicted molar refractivity (Wildman–Crippen MR) is 81.3 cm³/mol. The van der Waals surface area contributed by atoms with E-state index in [1.54, 1.807) is 14.2 Å². The topological polar surface area (TPSA) is 56.5 Å². The van der Waals surface area contributed by atoms with E-state index < -0.39 is 9.28 Å². The minimum absolute atomic E-state index is 0.0171. The molecule has 0 saturated carbocycles. The lowest BCUT2D eigenvalue weighted by atomic mass is 10.0. The molecular formula is C14H26N2O2Si. The lowest BCUT2D eigenvalue weighted by molar-refractivity contribution is 0.267. The molecule has 19 heavy (non-hydrogen) atoms. The van der Waals surface area contributed by atoms with Crippen molar-refractivity contribution in [3.05, 3.63) is 35.9 Å². The van der Waals surface area contributed by atoms with E-state index in [1.165, 1.54) is 5.56 Å². The molecule has 4 nitrogen and oxygen atoms in total. The Labute approximate surface area is 118 Å². The minimum atomic E-state index is -1.53. The Kier molecular flexibility index (Phi) is 7.93. The zero-order valence-electron chi connectivity index (χ0n) is 12.1. The fourth-order valence-corrected chi connectivity index (χ4v) is 3.55. The molecule has 0 aromatic heterocycles. The molecule has 0 fully saturated rings. The van der Waals surface area contributed by atoms with Crippen LogP contribution >= 0.6 is 0 Å². The van der Waals surface area contributed by atoms with Crippen molar-refractivity contribution in [1.29, 1.82) is 0 Å². The average molecular weight is 282 g/mol. The summed E-state index contributed by atoms with van der Waals surface area (Å²) in [5.41, 5.74) is 7.11. The summed E-state index contributed by atoms with van der Waals surface area (Å²) in [6.45, 7) is 2.85. The van der Waals surface area contributed by atoms with Crippen LogP contribution in [0.1, 0.15) is 12.5 Å². The van der Waals surface area contributed by atoms with E-state index in [0.717, 1.165) is 19.0 Å². The van der Waals surface area contributed by atoms with Gasteiger partial charge in [0.25, 0.3) is 0 Å². The summed E-state index contributed by atoms with van der Waals surface area (Å²) in [5.74, 6) is 0.491. The van der Waals surface area contributed by atoms with Crippen molar-refractivity contribution in [2.45, 2.75) is 25.6 Å². The molecule has 1 aromatic rings. The second kappa shape index (κ2) is 9.22. The van der Waals surface area contributed by atoms with Crippen molar-refractivity contribution in [3.8, 4) is 0 Å². The smallest absolute Gasteiger partial charge is 0.321 e. The van der Waals surface area contributed by atoms with E-state index in [9.17, 15) is 0 Å². The van der Waals surface area contributed by atoms with Gasteiger partial charge in [-0.3, -0.25) is 0 Å². The molecular weight excluding hydrogens is 256 g/mol. The summed E-state index contributed by atoms with van der Waals surface area (Å²) in [6, 6.07) is 11.5. The lowest BCUT2D eigenvalue weighted by Gasteiger charge is -2.22. The average Bonchev–Trinajstić information content (AvgIpc) is 2.42. The Morgan fingerprint density at radius 3 is 2.37 bits per heavy atom. The van der Waals surface area contributed by atoms with Gasteiger partial charge in [-0.05, 0) is 37.4 Å². The summed E-state index contributed by atoms with van der Waals surface area (Å²) >= 11 is 0. The van der Waals surface area contributed by atoms with E-state index in [-0.39, 0.29) is 6.17 Å². The summed E-state index contributed by atoms with van der Waals surface area (Å²) in [4.78, 5) is 0. The maximum atomic E-state index is 5.77. The van der Waals surface area contributed by atoms with Gasteiger partial charge in [0.2, 0.25) is 0 Å². The van der Waals surface area contributed by atoms with Gasteiger partial charge in [0.05, 0.1) is 6.17 Å². The van der Waals surface area contributed by atoms with Crippen LogP contribution in [0.15, 0.2) is 30.3 Å². The van der Waals surface area contributed by atoms with Gasteiger partial charge in [-0.25, -0.2) is 0 Å². The molecule has 2 atom stereocenters. The summed E-state index contributed by atoms with van der Waals surface area (Å²) in [6.07, 6.45) is 1.04. The first-order valence-electron chi connectivity index (χ1n) is 6.74. The lowest BCUT2D eigenvalue weighted by Crippen LogP contribution is -2.39. The number of nitrogens with two attached hydrogens (primary N) is 1. The van der Waals surface area contributed by atoms with Crippen LogP contribution in [0.4, 0.5) is 0 Å². The normalized spacial score (nSPS) is 14.6. The SMILES string of the molecule is CO[SiH](CC(CNC(C)N)Cc1ccccc1)OC. The first-order chi connectivity index (χ1) is 9.15. The van der Waals surface area contributed by atoms with Crippen molar-refractivity contribution in [2.24, 2.45) is 11.7 Å². The molecule has 0 saturated heterocycles. The van der Waals surface area contributed by atoms with Crippen LogP contribution in [0.5, 0.6) is 0 Å². The van der Waals surface area contributed by atoms with Crippen LogP contribution in [0.3, 0.4) is 0 Å². The minimum Gasteiger partial charge on any atom is -0.400 e. The number of benzene rings is 1. The summed E-state index contributed by atoms with van der Waals surface area (Å²) in [7, 11) is 1.94. The van der Waals surface area contributed by atoms with E-state index in [1.807, 2.05) is 13.0 Å². The summed E-state index contributed by atoms with van der Waals surface area (Å²) in [5, 5.41) is 3.31. The Morgan fingerprint density at radius 1 is 1.21 bits per heavy atom. The fourth-order valence-electron chi connectivity index (χ4n) is 2.10. The largest absolute Gasteiger partial charge is 0.400 e. The van der Waals surface area contributed by atoms with Gasteiger partial charge in [0.1, 0.15) is 0 Å². The van der Waals surface area contributed by atoms with Gasteiger partial charge in [-0.1, -0.05) is 30.3 Å². The van der Waals surface area contributed by atoms with Crippen molar-refractivity contribution in [1.82, 2.24) is 5.32 Å². The monoisotopic (exact) mass is 282 g/mol. The third kappa shape index (κ3) is 6.84. The Bertz CT molecular complexity index is 331. The molecule has 0 bridgehead atoms. The fraction of sp³-hybridized carbons (Fsp3) is 0.571. The molecule has 2 unspecified atom stereocenters. The molecule has 0 heterocycles. The van der Waals surface area contributed by atoms with Crippen LogP contribution < -0.4 is 11.1 Å². The molecule has 3 N–H and O–H groups in total. The zero-order valence-corrected chi connectivity index (χ0v) is 13.3. The van der Waals surface area contributed by atoms with Gasteiger partial charge in [-0.2, -0.15) is 0 Å². The molecule has 0 amide bonds. The van der Waals surface area contributed by atoms with Gasteiger partial charge >= 0.3 is 9.28 Å². The van der Waals surface area contributed by atoms with Gasteiger partial charge in [0, 0.05) is 14.2 Å². The van der Waals surface area contributed by atoms with Gasteiger partial charge in [-0.15, -0.1) is 0 Å². The van der Waals surface area contributed by atoms with Crippen LogP contribution in [0.25, 0.3) is 0 Å². The van der Waals surface area contributed by atoms with Crippen molar-refractivity contribution in [2.75, 3.05) is 20.8 Å². The van der Waals surface area contributed by atoms with Crippen molar-refractivity contribution in [3.63, 3.8) is 0 Å². The highest BCUT2D eigenvalue weighted by molar-refractivity contribution is 6.44. The van der Waals surface area contributed by atoms with E-state index in [0.29, 0.717) is 5.92 Å². The van der Waals surface area contributed by atoms with Crippen molar-refractivity contribution < 1.29 is 8.85 Å². The molecule has 1 rings (SSSR count). The number of rotatable bonds is 9. The maximum Gasteiger partial charge on any atom is 0.321 e.